The molecule has 1 aromatic carbocycles. The number of aliphatic carboxylic acids is 1. The van der Waals surface area contributed by atoms with Gasteiger partial charge in [0.05, 0.1) is 18.2 Å². The highest BCUT2D eigenvalue weighted by atomic mass is 32.1. The van der Waals surface area contributed by atoms with Crippen LogP contribution in [0.1, 0.15) is 72.9 Å². The number of nitrogens with zero attached hydrogens (tertiary/aromatic N) is 2. The molecule has 2 aliphatic rings. The van der Waals surface area contributed by atoms with Crippen LogP contribution >= 0.6 is 11.3 Å². The van der Waals surface area contributed by atoms with Crippen molar-refractivity contribution in [2.24, 2.45) is 5.92 Å². The van der Waals surface area contributed by atoms with Crippen molar-refractivity contribution in [1.29, 1.82) is 0 Å². The quantitative estimate of drug-likeness (QED) is 0.626. The van der Waals surface area contributed by atoms with Gasteiger partial charge in [0.15, 0.2) is 0 Å². The van der Waals surface area contributed by atoms with E-state index < -0.39 is 11.6 Å². The van der Waals surface area contributed by atoms with Gasteiger partial charge in [-0.05, 0) is 71.1 Å². The highest BCUT2D eigenvalue weighted by Gasteiger charge is 2.29. The fourth-order valence-corrected chi connectivity index (χ4v) is 5.81. The number of carbonyl (C=O) groups excluding carboxylic acids is 2. The van der Waals surface area contributed by atoms with E-state index in [4.69, 9.17) is 14.8 Å². The van der Waals surface area contributed by atoms with Crippen LogP contribution < -0.4 is 5.32 Å². The molecule has 0 unspecified atom stereocenters. The predicted molar refractivity (Wildman–Crippen MR) is 133 cm³/mol. The van der Waals surface area contributed by atoms with Crippen molar-refractivity contribution >= 4 is 29.3 Å². The van der Waals surface area contributed by atoms with Gasteiger partial charge in [-0.2, -0.15) is 0 Å². The number of aromatic nitrogens is 1. The van der Waals surface area contributed by atoms with Crippen LogP contribution in [0.5, 0.6) is 0 Å². The SMILES string of the molecule is Cc1cc(C(=O)N[C@H]2CC[C@H](C(=O)O)CC2)ccc1-c1nc2c(s1)CN(C(=O)OC(C)(C)C)CC2. The van der Waals surface area contributed by atoms with Crippen LogP contribution in [0.2, 0.25) is 0 Å². The molecule has 0 saturated heterocycles. The first-order valence-electron chi connectivity index (χ1n) is 12.1. The van der Waals surface area contributed by atoms with Crippen molar-refractivity contribution in [2.75, 3.05) is 6.54 Å². The summed E-state index contributed by atoms with van der Waals surface area (Å²) in [5.41, 5.74) is 3.01. The third kappa shape index (κ3) is 6.01. The molecule has 2 N–H and O–H groups in total. The van der Waals surface area contributed by atoms with Crippen molar-refractivity contribution in [2.45, 2.75) is 78.0 Å². The Balaban J connectivity index is 1.41. The molecule has 35 heavy (non-hydrogen) atoms. The molecule has 8 nitrogen and oxygen atoms in total. The van der Waals surface area contributed by atoms with Gasteiger partial charge in [-0.1, -0.05) is 6.07 Å². The van der Waals surface area contributed by atoms with Crippen molar-refractivity contribution in [3.63, 3.8) is 0 Å². The number of hydrogen-bond donors (Lipinski definition) is 2. The van der Waals surface area contributed by atoms with E-state index >= 15 is 0 Å². The van der Waals surface area contributed by atoms with Crippen molar-refractivity contribution < 1.29 is 24.2 Å². The van der Waals surface area contributed by atoms with Gasteiger partial charge in [0, 0.05) is 35.0 Å². The minimum atomic E-state index is -0.748. The highest BCUT2D eigenvalue weighted by molar-refractivity contribution is 7.15. The number of carboxylic acid groups (broad SMARTS) is 1. The van der Waals surface area contributed by atoms with Gasteiger partial charge in [-0.15, -0.1) is 11.3 Å². The van der Waals surface area contributed by atoms with Gasteiger partial charge >= 0.3 is 12.1 Å². The van der Waals surface area contributed by atoms with Crippen LogP contribution in [0.25, 0.3) is 10.6 Å². The number of ether oxygens (including phenoxy) is 1. The molecule has 1 fully saturated rings. The number of carbonyl (C=O) groups is 3. The average Bonchev–Trinajstić information content (AvgIpc) is 3.21. The Morgan fingerprint density at radius 1 is 1.17 bits per heavy atom. The zero-order valence-corrected chi connectivity index (χ0v) is 21.5. The van der Waals surface area contributed by atoms with E-state index in [2.05, 4.69) is 5.32 Å². The lowest BCUT2D eigenvalue weighted by molar-refractivity contribution is -0.142. The first kappa shape index (κ1) is 25.2. The average molecular weight is 500 g/mol. The van der Waals surface area contributed by atoms with Crippen LogP contribution in [0.15, 0.2) is 18.2 Å². The number of rotatable bonds is 4. The van der Waals surface area contributed by atoms with Gasteiger partial charge < -0.3 is 20.1 Å². The van der Waals surface area contributed by atoms with E-state index in [1.165, 1.54) is 0 Å². The summed E-state index contributed by atoms with van der Waals surface area (Å²) < 4.78 is 5.52. The number of carboxylic acids is 1. The second kappa shape index (κ2) is 9.97. The van der Waals surface area contributed by atoms with Crippen LogP contribution in [0, 0.1) is 12.8 Å². The standard InChI is InChI=1S/C26H33N3O5S/c1-15-13-17(22(30)27-18-8-5-16(6-9-18)24(31)32)7-10-19(15)23-28-20-11-12-29(14-21(20)35-23)25(33)34-26(2,3)4/h7,10,13,16,18H,5-6,8-9,11-12,14H2,1-4H3,(H,27,30)(H,31,32)/t16-,18-. The maximum Gasteiger partial charge on any atom is 0.410 e. The van der Waals surface area contributed by atoms with Crippen molar-refractivity contribution in [3.05, 3.63) is 39.9 Å². The molecule has 2 aromatic rings. The lowest BCUT2D eigenvalue weighted by Gasteiger charge is -2.29. The normalized spacial score (nSPS) is 20.2. The minimum absolute atomic E-state index is 0.0108. The smallest absolute Gasteiger partial charge is 0.410 e. The summed E-state index contributed by atoms with van der Waals surface area (Å²) in [6.45, 7) is 8.63. The van der Waals surface area contributed by atoms with E-state index in [1.807, 2.05) is 45.9 Å². The molecule has 1 saturated carbocycles. The summed E-state index contributed by atoms with van der Waals surface area (Å²) in [7, 11) is 0. The largest absolute Gasteiger partial charge is 0.481 e. The number of benzene rings is 1. The van der Waals surface area contributed by atoms with E-state index in [0.29, 0.717) is 50.8 Å². The summed E-state index contributed by atoms with van der Waals surface area (Å²) in [5.74, 6) is -1.18. The first-order valence-corrected chi connectivity index (χ1v) is 12.9. The first-order chi connectivity index (χ1) is 16.5. The Kier molecular flexibility index (Phi) is 7.17. The summed E-state index contributed by atoms with van der Waals surface area (Å²) >= 11 is 1.58. The molecule has 1 aromatic heterocycles. The van der Waals surface area contributed by atoms with Gasteiger partial charge in [0.25, 0.3) is 5.91 Å². The molecule has 188 valence electrons. The van der Waals surface area contributed by atoms with Crippen LogP contribution in [0.4, 0.5) is 4.79 Å². The van der Waals surface area contributed by atoms with E-state index in [1.54, 1.807) is 16.2 Å². The van der Waals surface area contributed by atoms with E-state index in [9.17, 15) is 14.4 Å². The molecule has 2 heterocycles. The lowest BCUT2D eigenvalue weighted by atomic mass is 9.86. The number of fused-ring (bicyclic) bond motifs is 1. The molecule has 9 heteroatoms. The van der Waals surface area contributed by atoms with Gasteiger partial charge in [-0.25, -0.2) is 9.78 Å². The number of aryl methyl sites for hydroxylation is 1. The zero-order valence-electron chi connectivity index (χ0n) is 20.7. The third-order valence-corrected chi connectivity index (χ3v) is 7.63. The summed E-state index contributed by atoms with van der Waals surface area (Å²) in [6, 6.07) is 5.63. The van der Waals surface area contributed by atoms with Gasteiger partial charge in [-0.3, -0.25) is 9.59 Å². The molecule has 0 radical (unpaired) electrons. The molecule has 4 rings (SSSR count). The predicted octanol–water partition coefficient (Wildman–Crippen LogP) is 4.78. The molecule has 0 spiro atoms. The summed E-state index contributed by atoms with van der Waals surface area (Å²) in [6.07, 6.45) is 2.95. The highest BCUT2D eigenvalue weighted by Crippen LogP contribution is 2.34. The van der Waals surface area contributed by atoms with Crippen LogP contribution in [-0.2, 0) is 22.5 Å². The Hall–Kier alpha value is -2.94. The fourth-order valence-electron chi connectivity index (χ4n) is 4.59. The Bertz CT molecular complexity index is 1130. The lowest BCUT2D eigenvalue weighted by Crippen LogP contribution is -2.39. The third-order valence-electron chi connectivity index (χ3n) is 6.51. The summed E-state index contributed by atoms with van der Waals surface area (Å²) in [4.78, 5) is 44.0. The molecule has 0 atom stereocenters. The molecule has 1 aliphatic carbocycles. The second-order valence-corrected chi connectivity index (χ2v) is 11.5. The molecule has 0 bridgehead atoms. The fraction of sp³-hybridized carbons (Fsp3) is 0.538. The Morgan fingerprint density at radius 3 is 2.51 bits per heavy atom. The molecular formula is C26H33N3O5S. The number of thiazole rings is 1. The number of nitrogens with one attached hydrogen (secondary N) is 1. The Morgan fingerprint density at radius 2 is 1.89 bits per heavy atom. The Labute approximate surface area is 209 Å². The van der Waals surface area contributed by atoms with Crippen LogP contribution in [0.3, 0.4) is 0 Å². The monoisotopic (exact) mass is 499 g/mol. The van der Waals surface area contributed by atoms with Crippen molar-refractivity contribution in [3.8, 4) is 10.6 Å². The summed E-state index contributed by atoms with van der Waals surface area (Å²) in [5, 5.41) is 13.1. The second-order valence-electron chi connectivity index (χ2n) is 10.4. The zero-order chi connectivity index (χ0) is 25.3. The number of hydrogen-bond acceptors (Lipinski definition) is 6. The van der Waals surface area contributed by atoms with E-state index in [-0.39, 0.29) is 24.0 Å². The topological polar surface area (TPSA) is 109 Å². The molecule has 2 amide bonds. The number of amides is 2. The van der Waals surface area contributed by atoms with Gasteiger partial charge in [0.1, 0.15) is 10.6 Å². The van der Waals surface area contributed by atoms with Gasteiger partial charge in [0.2, 0.25) is 0 Å². The van der Waals surface area contributed by atoms with Crippen molar-refractivity contribution in [1.82, 2.24) is 15.2 Å². The minimum Gasteiger partial charge on any atom is -0.481 e. The maximum atomic E-state index is 12.8. The maximum absolute atomic E-state index is 12.8. The van der Waals surface area contributed by atoms with Crippen LogP contribution in [-0.4, -0.2) is 51.1 Å². The van der Waals surface area contributed by atoms with E-state index in [0.717, 1.165) is 26.7 Å². The molecule has 1 aliphatic heterocycles. The molecular weight excluding hydrogens is 466 g/mol.